The zero-order valence-electron chi connectivity index (χ0n) is 19.7. The van der Waals surface area contributed by atoms with Gasteiger partial charge in [-0.1, -0.05) is 62.6 Å². The Morgan fingerprint density at radius 2 is 1.88 bits per heavy atom. The fourth-order valence-electron chi connectivity index (χ4n) is 5.84. The van der Waals surface area contributed by atoms with E-state index in [4.69, 9.17) is 9.47 Å². The van der Waals surface area contributed by atoms with Crippen molar-refractivity contribution in [3.05, 3.63) is 78.4 Å². The average Bonchev–Trinajstić information content (AvgIpc) is 3.63. The first kappa shape index (κ1) is 22.0. The van der Waals surface area contributed by atoms with Gasteiger partial charge in [0.2, 0.25) is 6.79 Å². The predicted molar refractivity (Wildman–Crippen MR) is 130 cm³/mol. The molecule has 2 aliphatic rings. The van der Waals surface area contributed by atoms with Gasteiger partial charge in [-0.05, 0) is 54.9 Å². The molecule has 1 saturated carbocycles. The van der Waals surface area contributed by atoms with Crippen LogP contribution in [0.3, 0.4) is 0 Å². The van der Waals surface area contributed by atoms with E-state index in [1.807, 2.05) is 12.5 Å². The minimum atomic E-state index is -0.0924. The SMILES string of the molecule is CCCCN(Cn1ccnc1)C(Cc1ccc2c(c1)OCO2)(c1ccccc1)C1CCCC1. The number of nitrogens with zero attached hydrogens (tertiary/aromatic N) is 3. The normalized spacial score (nSPS) is 17.5. The zero-order valence-corrected chi connectivity index (χ0v) is 19.7. The Kier molecular flexibility index (Phi) is 6.68. The third-order valence-electron chi connectivity index (χ3n) is 7.45. The standard InChI is InChI=1S/C28H35N3O2/c1-2-3-16-31(21-30-17-15-29-20-30)28(25-11-7-8-12-25,24-9-5-4-6-10-24)19-23-13-14-26-27(18-23)33-22-32-26/h4-6,9-10,13-15,17-18,20,25H,2-3,7-8,11-12,16,19,21-22H2,1H3. The van der Waals surface area contributed by atoms with E-state index in [0.29, 0.717) is 12.7 Å². The molecule has 1 aliphatic heterocycles. The summed E-state index contributed by atoms with van der Waals surface area (Å²) < 4.78 is 13.6. The Hall–Kier alpha value is -2.79. The molecule has 1 fully saturated rings. The van der Waals surface area contributed by atoms with Crippen molar-refractivity contribution < 1.29 is 9.47 Å². The second kappa shape index (κ2) is 10.0. The smallest absolute Gasteiger partial charge is 0.231 e. The van der Waals surface area contributed by atoms with Crippen LogP contribution in [-0.4, -0.2) is 27.8 Å². The number of aromatic nitrogens is 2. The van der Waals surface area contributed by atoms with E-state index < -0.39 is 0 Å². The van der Waals surface area contributed by atoms with E-state index in [-0.39, 0.29) is 5.54 Å². The van der Waals surface area contributed by atoms with E-state index >= 15 is 0 Å². The first-order valence-electron chi connectivity index (χ1n) is 12.4. The number of rotatable bonds is 10. The maximum absolute atomic E-state index is 5.75. The quantitative estimate of drug-likeness (QED) is 0.384. The number of imidazole rings is 1. The van der Waals surface area contributed by atoms with Gasteiger partial charge in [-0.15, -0.1) is 0 Å². The molecule has 5 heteroatoms. The summed E-state index contributed by atoms with van der Waals surface area (Å²) >= 11 is 0. The van der Waals surface area contributed by atoms with Gasteiger partial charge in [-0.3, -0.25) is 4.90 Å². The van der Waals surface area contributed by atoms with Crippen LogP contribution in [0.25, 0.3) is 0 Å². The predicted octanol–water partition coefficient (Wildman–Crippen LogP) is 6.00. The number of benzene rings is 2. The fraction of sp³-hybridized carbons (Fsp3) is 0.464. The van der Waals surface area contributed by atoms with Gasteiger partial charge in [0.15, 0.2) is 11.5 Å². The molecule has 2 aromatic carbocycles. The first-order chi connectivity index (χ1) is 16.3. The molecule has 0 bridgehead atoms. The van der Waals surface area contributed by atoms with Crippen molar-refractivity contribution in [2.75, 3.05) is 13.3 Å². The van der Waals surface area contributed by atoms with Crippen LogP contribution in [0, 0.1) is 5.92 Å². The molecular formula is C28H35N3O2. The Bertz CT molecular complexity index is 1010. The maximum atomic E-state index is 5.75. The van der Waals surface area contributed by atoms with Crippen molar-refractivity contribution in [3.63, 3.8) is 0 Å². The molecule has 0 amide bonds. The maximum Gasteiger partial charge on any atom is 0.231 e. The minimum absolute atomic E-state index is 0.0924. The van der Waals surface area contributed by atoms with Crippen molar-refractivity contribution in [1.29, 1.82) is 0 Å². The number of ether oxygens (including phenoxy) is 2. The second-order valence-corrected chi connectivity index (χ2v) is 9.47. The molecule has 5 rings (SSSR count). The Balaban J connectivity index is 1.62. The number of hydrogen-bond acceptors (Lipinski definition) is 4. The van der Waals surface area contributed by atoms with Crippen molar-refractivity contribution in [1.82, 2.24) is 14.5 Å². The van der Waals surface area contributed by atoms with E-state index in [9.17, 15) is 0 Å². The highest BCUT2D eigenvalue weighted by Gasteiger charge is 2.46. The van der Waals surface area contributed by atoms with Crippen LogP contribution >= 0.6 is 0 Å². The highest BCUT2D eigenvalue weighted by Crippen LogP contribution is 2.48. The number of fused-ring (bicyclic) bond motifs is 1. The lowest BCUT2D eigenvalue weighted by Crippen LogP contribution is -2.53. The summed E-state index contributed by atoms with van der Waals surface area (Å²) in [6.45, 7) is 4.50. The third kappa shape index (κ3) is 4.51. The van der Waals surface area contributed by atoms with Gasteiger partial charge in [-0.25, -0.2) is 4.98 Å². The number of unbranched alkanes of at least 4 members (excludes halogenated alkanes) is 1. The summed E-state index contributed by atoms with van der Waals surface area (Å²) in [6, 6.07) is 17.7. The van der Waals surface area contributed by atoms with Gasteiger partial charge in [0, 0.05) is 18.9 Å². The summed E-state index contributed by atoms with van der Waals surface area (Å²) in [6.07, 6.45) is 14.4. The van der Waals surface area contributed by atoms with E-state index in [2.05, 4.69) is 76.1 Å². The topological polar surface area (TPSA) is 39.5 Å². The molecule has 1 unspecified atom stereocenters. The lowest BCUT2D eigenvalue weighted by molar-refractivity contribution is 0.000447. The van der Waals surface area contributed by atoms with Crippen LogP contribution in [0.1, 0.15) is 56.6 Å². The molecule has 33 heavy (non-hydrogen) atoms. The first-order valence-corrected chi connectivity index (χ1v) is 12.4. The minimum Gasteiger partial charge on any atom is -0.454 e. The van der Waals surface area contributed by atoms with Crippen molar-refractivity contribution >= 4 is 0 Å². The third-order valence-corrected chi connectivity index (χ3v) is 7.45. The zero-order chi connectivity index (χ0) is 22.5. The van der Waals surface area contributed by atoms with Gasteiger partial charge in [-0.2, -0.15) is 0 Å². The van der Waals surface area contributed by atoms with Crippen molar-refractivity contribution in [2.24, 2.45) is 5.92 Å². The van der Waals surface area contributed by atoms with Crippen molar-refractivity contribution in [2.45, 2.75) is 64.1 Å². The summed E-state index contributed by atoms with van der Waals surface area (Å²) in [4.78, 5) is 7.08. The van der Waals surface area contributed by atoms with Crippen LogP contribution in [0.2, 0.25) is 0 Å². The molecule has 2 heterocycles. The van der Waals surface area contributed by atoms with Crippen LogP contribution in [-0.2, 0) is 18.6 Å². The summed E-state index contributed by atoms with van der Waals surface area (Å²) in [7, 11) is 0. The molecule has 3 aromatic rings. The van der Waals surface area contributed by atoms with Gasteiger partial charge >= 0.3 is 0 Å². The molecule has 1 aromatic heterocycles. The lowest BCUT2D eigenvalue weighted by atomic mass is 9.71. The van der Waals surface area contributed by atoms with Crippen LogP contribution in [0.5, 0.6) is 11.5 Å². The number of hydrogen-bond donors (Lipinski definition) is 0. The second-order valence-electron chi connectivity index (χ2n) is 9.47. The Morgan fingerprint density at radius 3 is 2.64 bits per heavy atom. The average molecular weight is 446 g/mol. The van der Waals surface area contributed by atoms with Gasteiger partial charge in [0.25, 0.3) is 0 Å². The molecule has 0 radical (unpaired) electrons. The van der Waals surface area contributed by atoms with E-state index in [1.54, 1.807) is 0 Å². The summed E-state index contributed by atoms with van der Waals surface area (Å²) in [5.74, 6) is 2.33. The van der Waals surface area contributed by atoms with Gasteiger partial charge in [0.05, 0.1) is 18.5 Å². The van der Waals surface area contributed by atoms with E-state index in [1.165, 1.54) is 49.7 Å². The molecule has 0 N–H and O–H groups in total. The largest absolute Gasteiger partial charge is 0.454 e. The Labute approximate surface area is 197 Å². The highest BCUT2D eigenvalue weighted by atomic mass is 16.7. The van der Waals surface area contributed by atoms with Gasteiger partial charge in [0.1, 0.15) is 0 Å². The van der Waals surface area contributed by atoms with E-state index in [0.717, 1.165) is 31.1 Å². The lowest BCUT2D eigenvalue weighted by Gasteiger charge is -2.49. The molecule has 5 nitrogen and oxygen atoms in total. The molecular weight excluding hydrogens is 410 g/mol. The molecule has 1 aliphatic carbocycles. The molecule has 0 saturated heterocycles. The summed E-state index contributed by atoms with van der Waals surface area (Å²) in [5, 5.41) is 0. The molecule has 174 valence electrons. The van der Waals surface area contributed by atoms with Crippen LogP contribution in [0.4, 0.5) is 0 Å². The van der Waals surface area contributed by atoms with Crippen LogP contribution in [0.15, 0.2) is 67.3 Å². The molecule has 0 spiro atoms. The highest BCUT2D eigenvalue weighted by molar-refractivity contribution is 5.45. The van der Waals surface area contributed by atoms with Gasteiger partial charge < -0.3 is 14.0 Å². The van der Waals surface area contributed by atoms with Crippen molar-refractivity contribution in [3.8, 4) is 11.5 Å². The summed E-state index contributed by atoms with van der Waals surface area (Å²) in [5.41, 5.74) is 2.64. The van der Waals surface area contributed by atoms with Crippen LogP contribution < -0.4 is 9.47 Å². The Morgan fingerprint density at radius 1 is 1.06 bits per heavy atom. The monoisotopic (exact) mass is 445 g/mol. The molecule has 1 atom stereocenters. The fourth-order valence-corrected chi connectivity index (χ4v) is 5.84.